The van der Waals surface area contributed by atoms with Gasteiger partial charge in [0.1, 0.15) is 18.1 Å². The molecule has 1 aromatic rings. The highest BCUT2D eigenvalue weighted by Gasteiger charge is 2.04. The summed E-state index contributed by atoms with van der Waals surface area (Å²) in [7, 11) is 2.81. The van der Waals surface area contributed by atoms with Gasteiger partial charge in [-0.25, -0.2) is 4.79 Å². The van der Waals surface area contributed by atoms with Gasteiger partial charge in [0.05, 0.1) is 19.8 Å². The third kappa shape index (κ3) is 3.93. The number of carbonyl (C=O) groups excluding carboxylic acids is 2. The Balaban J connectivity index is 2.64. The Kier molecular flexibility index (Phi) is 5.44. The van der Waals surface area contributed by atoms with Gasteiger partial charge >= 0.3 is 5.97 Å². The van der Waals surface area contributed by atoms with Crippen LogP contribution >= 0.6 is 0 Å². The van der Waals surface area contributed by atoms with Crippen molar-refractivity contribution in [1.82, 2.24) is 0 Å². The second-order valence-corrected chi connectivity index (χ2v) is 3.26. The predicted octanol–water partition coefficient (Wildman–Crippen LogP) is 1.62. The molecule has 0 aliphatic carbocycles. The molecule has 0 spiro atoms. The minimum absolute atomic E-state index is 0.169. The van der Waals surface area contributed by atoms with Crippen molar-refractivity contribution in [2.75, 3.05) is 20.8 Å². The minimum atomic E-state index is -0.455. The molecule has 0 heterocycles. The van der Waals surface area contributed by atoms with E-state index in [2.05, 4.69) is 4.74 Å². The molecule has 5 heteroatoms. The summed E-state index contributed by atoms with van der Waals surface area (Å²) >= 11 is 0. The maximum atomic E-state index is 10.9. The molecule has 1 aromatic carbocycles. The molecule has 5 nitrogen and oxygen atoms in total. The second-order valence-electron chi connectivity index (χ2n) is 3.26. The molecule has 0 fully saturated rings. The summed E-state index contributed by atoms with van der Waals surface area (Å²) in [6, 6.07) is 4.90. The van der Waals surface area contributed by atoms with Crippen LogP contribution in [0.2, 0.25) is 0 Å². The summed E-state index contributed by atoms with van der Waals surface area (Å²) in [5.41, 5.74) is 0.390. The lowest BCUT2D eigenvalue weighted by molar-refractivity contribution is -0.134. The Morgan fingerprint density at radius 1 is 1.33 bits per heavy atom. The van der Waals surface area contributed by atoms with Crippen LogP contribution in [-0.4, -0.2) is 33.1 Å². The molecule has 96 valence electrons. The van der Waals surface area contributed by atoms with Crippen LogP contribution in [0.5, 0.6) is 11.5 Å². The summed E-state index contributed by atoms with van der Waals surface area (Å²) < 4.78 is 14.8. The van der Waals surface area contributed by atoms with E-state index in [9.17, 15) is 9.59 Å². The zero-order valence-corrected chi connectivity index (χ0v) is 10.2. The molecule has 0 saturated carbocycles. The predicted molar refractivity (Wildman–Crippen MR) is 65.0 cm³/mol. The number of methoxy groups -OCH3 is 2. The Morgan fingerprint density at radius 2 is 2.11 bits per heavy atom. The standard InChI is InChI=1S/C13H14O5/c1-16-11-5-6-12(10(8-11)9-14)18-7-3-4-13(15)17-2/h3-6,8-9H,7H2,1-2H3/b4-3+. The van der Waals surface area contributed by atoms with Crippen molar-refractivity contribution in [1.29, 1.82) is 0 Å². The highest BCUT2D eigenvalue weighted by molar-refractivity contribution is 5.82. The first kappa shape index (κ1) is 13.8. The Morgan fingerprint density at radius 3 is 2.72 bits per heavy atom. The molecular formula is C13H14O5. The largest absolute Gasteiger partial charge is 0.497 e. The van der Waals surface area contributed by atoms with Gasteiger partial charge in [-0.2, -0.15) is 0 Å². The van der Waals surface area contributed by atoms with Crippen molar-refractivity contribution in [3.63, 3.8) is 0 Å². The van der Waals surface area contributed by atoms with E-state index in [0.717, 1.165) is 0 Å². The van der Waals surface area contributed by atoms with Crippen molar-refractivity contribution in [3.8, 4) is 11.5 Å². The molecule has 0 amide bonds. The number of esters is 1. The van der Waals surface area contributed by atoms with Gasteiger partial charge in [0.25, 0.3) is 0 Å². The minimum Gasteiger partial charge on any atom is -0.497 e. The van der Waals surface area contributed by atoms with E-state index in [-0.39, 0.29) is 6.61 Å². The van der Waals surface area contributed by atoms with Crippen LogP contribution in [0, 0.1) is 0 Å². The number of hydrogen-bond acceptors (Lipinski definition) is 5. The van der Waals surface area contributed by atoms with Crippen LogP contribution in [0.3, 0.4) is 0 Å². The van der Waals surface area contributed by atoms with Gasteiger partial charge < -0.3 is 14.2 Å². The lowest BCUT2D eigenvalue weighted by atomic mass is 10.2. The van der Waals surface area contributed by atoms with Gasteiger partial charge in [0.15, 0.2) is 6.29 Å². The second kappa shape index (κ2) is 7.11. The molecule has 0 radical (unpaired) electrons. The summed E-state index contributed by atoms with van der Waals surface area (Å²) in [5, 5.41) is 0. The van der Waals surface area contributed by atoms with E-state index in [1.54, 1.807) is 18.2 Å². The maximum Gasteiger partial charge on any atom is 0.330 e. The molecule has 0 aliphatic heterocycles. The molecule has 0 unspecified atom stereocenters. The average Bonchev–Trinajstić information content (AvgIpc) is 2.43. The maximum absolute atomic E-state index is 10.9. The normalized spacial score (nSPS) is 10.1. The van der Waals surface area contributed by atoms with Gasteiger partial charge in [0.2, 0.25) is 0 Å². The van der Waals surface area contributed by atoms with Crippen molar-refractivity contribution < 1.29 is 23.8 Å². The Labute approximate surface area is 105 Å². The zero-order chi connectivity index (χ0) is 13.4. The van der Waals surface area contributed by atoms with Crippen molar-refractivity contribution in [2.24, 2.45) is 0 Å². The van der Waals surface area contributed by atoms with Gasteiger partial charge in [-0.05, 0) is 24.3 Å². The quantitative estimate of drug-likeness (QED) is 0.436. The zero-order valence-electron chi connectivity index (χ0n) is 10.2. The summed E-state index contributed by atoms with van der Waals surface area (Å²) in [6.45, 7) is 0.169. The average molecular weight is 250 g/mol. The lowest BCUT2D eigenvalue weighted by Gasteiger charge is -2.07. The van der Waals surface area contributed by atoms with Crippen LogP contribution < -0.4 is 9.47 Å². The Hall–Kier alpha value is -2.30. The van der Waals surface area contributed by atoms with Crippen LogP contribution in [0.15, 0.2) is 30.4 Å². The first-order valence-corrected chi connectivity index (χ1v) is 5.21. The SMILES string of the molecule is COC(=O)/C=C/COc1ccc(OC)cc1C=O. The molecule has 0 saturated heterocycles. The number of ether oxygens (including phenoxy) is 3. The third-order valence-corrected chi connectivity index (χ3v) is 2.13. The van der Waals surface area contributed by atoms with Crippen LogP contribution in [0.4, 0.5) is 0 Å². The molecular weight excluding hydrogens is 236 g/mol. The first-order valence-electron chi connectivity index (χ1n) is 5.21. The van der Waals surface area contributed by atoms with E-state index in [0.29, 0.717) is 23.3 Å². The van der Waals surface area contributed by atoms with Crippen LogP contribution in [0.25, 0.3) is 0 Å². The molecule has 0 bridgehead atoms. The molecule has 0 aromatic heterocycles. The first-order chi connectivity index (χ1) is 8.71. The summed E-state index contributed by atoms with van der Waals surface area (Å²) in [5.74, 6) is 0.554. The third-order valence-electron chi connectivity index (χ3n) is 2.13. The van der Waals surface area contributed by atoms with Gasteiger partial charge in [-0.1, -0.05) is 0 Å². The highest BCUT2D eigenvalue weighted by atomic mass is 16.5. The number of aldehydes is 1. The summed E-state index contributed by atoms with van der Waals surface area (Å²) in [6.07, 6.45) is 3.44. The van der Waals surface area contributed by atoms with Gasteiger partial charge in [-0.3, -0.25) is 4.79 Å². The summed E-state index contributed by atoms with van der Waals surface area (Å²) in [4.78, 5) is 21.6. The number of carbonyl (C=O) groups is 2. The van der Waals surface area contributed by atoms with E-state index in [1.165, 1.54) is 26.4 Å². The molecule has 1 rings (SSSR count). The van der Waals surface area contributed by atoms with Crippen molar-refractivity contribution >= 4 is 12.3 Å². The number of benzene rings is 1. The smallest absolute Gasteiger partial charge is 0.330 e. The molecule has 0 aliphatic rings. The highest BCUT2D eigenvalue weighted by Crippen LogP contribution is 2.22. The molecule has 0 atom stereocenters. The topological polar surface area (TPSA) is 61.8 Å². The number of hydrogen-bond donors (Lipinski definition) is 0. The van der Waals surface area contributed by atoms with Crippen molar-refractivity contribution in [3.05, 3.63) is 35.9 Å². The Bertz CT molecular complexity index is 451. The van der Waals surface area contributed by atoms with Crippen LogP contribution in [-0.2, 0) is 9.53 Å². The fourth-order valence-corrected chi connectivity index (χ4v) is 1.23. The molecule has 0 N–H and O–H groups in total. The monoisotopic (exact) mass is 250 g/mol. The van der Waals surface area contributed by atoms with Crippen LogP contribution in [0.1, 0.15) is 10.4 Å². The molecule has 18 heavy (non-hydrogen) atoms. The number of rotatable bonds is 6. The van der Waals surface area contributed by atoms with E-state index in [4.69, 9.17) is 9.47 Å². The van der Waals surface area contributed by atoms with E-state index >= 15 is 0 Å². The van der Waals surface area contributed by atoms with Crippen molar-refractivity contribution in [2.45, 2.75) is 0 Å². The lowest BCUT2D eigenvalue weighted by Crippen LogP contribution is -2.00. The fraction of sp³-hybridized carbons (Fsp3) is 0.231. The fourth-order valence-electron chi connectivity index (χ4n) is 1.23. The van der Waals surface area contributed by atoms with Gasteiger partial charge in [-0.15, -0.1) is 0 Å². The van der Waals surface area contributed by atoms with E-state index in [1.807, 2.05) is 0 Å². The van der Waals surface area contributed by atoms with Gasteiger partial charge in [0, 0.05) is 6.08 Å². The van der Waals surface area contributed by atoms with E-state index < -0.39 is 5.97 Å².